The highest BCUT2D eigenvalue weighted by Crippen LogP contribution is 2.59. The molecule has 6 N–H and O–H groups in total. The Morgan fingerprint density at radius 2 is 0.944 bits per heavy atom. The first-order chi connectivity index (χ1) is 7.50. The summed E-state index contributed by atoms with van der Waals surface area (Å²) in [5, 5.41) is 72.6. The van der Waals surface area contributed by atoms with E-state index >= 15 is 0 Å². The van der Waals surface area contributed by atoms with Crippen molar-refractivity contribution in [1.29, 1.82) is 0 Å². The highest BCUT2D eigenvalue weighted by Gasteiger charge is 2.78. The molecule has 1 aliphatic rings. The van der Waals surface area contributed by atoms with Crippen molar-refractivity contribution in [2.24, 2.45) is 5.41 Å². The van der Waals surface area contributed by atoms with Crippen LogP contribution >= 0.6 is 0 Å². The summed E-state index contributed by atoms with van der Waals surface area (Å²) in [7, 11) is 0. The molecule has 4 unspecified atom stereocenters. The van der Waals surface area contributed by atoms with Gasteiger partial charge in [0.05, 0.1) is 16.8 Å². The fraction of sp³-hybridized carbons (Fsp3) is 1.00. The second kappa shape index (κ2) is 3.24. The number of hydrogen-bond donors (Lipinski definition) is 6. The molecule has 0 spiro atoms. The topological polar surface area (TPSA) is 144 Å². The SMILES string of the molecule is CC1(C)C(C)(O)C([O-])(O)C(C)(O)C(C)(O)C1(O)O. The van der Waals surface area contributed by atoms with Gasteiger partial charge in [0, 0.05) is 0 Å². The Balaban J connectivity index is 3.72. The number of aliphatic hydroxyl groups is 6. The third kappa shape index (κ3) is 1.18. The van der Waals surface area contributed by atoms with E-state index in [-0.39, 0.29) is 0 Å². The van der Waals surface area contributed by atoms with Gasteiger partial charge in [-0.25, -0.2) is 0 Å². The quantitative estimate of drug-likeness (QED) is 0.256. The predicted molar refractivity (Wildman–Crippen MR) is 57.8 cm³/mol. The lowest BCUT2D eigenvalue weighted by Crippen LogP contribution is -2.93. The van der Waals surface area contributed by atoms with E-state index in [2.05, 4.69) is 0 Å². The normalized spacial score (nSPS) is 55.3. The van der Waals surface area contributed by atoms with Gasteiger partial charge in [-0.1, -0.05) is 13.8 Å². The number of hydrogen-bond acceptors (Lipinski definition) is 7. The molecule has 0 aliphatic heterocycles. The largest absolute Gasteiger partial charge is 0.824 e. The average Bonchev–Trinajstić information content (AvgIpc) is 2.14. The van der Waals surface area contributed by atoms with E-state index < -0.39 is 33.8 Å². The lowest BCUT2D eigenvalue weighted by atomic mass is 9.49. The smallest absolute Gasteiger partial charge is 0.203 e. The summed E-state index contributed by atoms with van der Waals surface area (Å²) in [6, 6.07) is 0. The van der Waals surface area contributed by atoms with Crippen LogP contribution in [-0.2, 0) is 0 Å². The van der Waals surface area contributed by atoms with Gasteiger partial charge < -0.3 is 35.7 Å². The van der Waals surface area contributed by atoms with Crippen molar-refractivity contribution in [1.82, 2.24) is 0 Å². The molecule has 18 heavy (non-hydrogen) atoms. The highest BCUT2D eigenvalue weighted by molar-refractivity contribution is 5.25. The van der Waals surface area contributed by atoms with E-state index in [1.165, 1.54) is 0 Å². The highest BCUT2D eigenvalue weighted by atomic mass is 16.6. The molecule has 108 valence electrons. The van der Waals surface area contributed by atoms with Gasteiger partial charge in [-0.05, 0) is 20.8 Å². The predicted octanol–water partition coefficient (Wildman–Crippen LogP) is -2.99. The van der Waals surface area contributed by atoms with E-state index in [1.807, 2.05) is 0 Å². The second-order valence-corrected chi connectivity index (χ2v) is 6.16. The summed E-state index contributed by atoms with van der Waals surface area (Å²) < 4.78 is 0. The third-order valence-corrected chi connectivity index (χ3v) is 5.03. The molecule has 7 nitrogen and oxygen atoms in total. The third-order valence-electron chi connectivity index (χ3n) is 5.03. The van der Waals surface area contributed by atoms with Gasteiger partial charge in [0.1, 0.15) is 11.2 Å². The minimum absolute atomic E-state index is 0.741. The van der Waals surface area contributed by atoms with Crippen LogP contribution in [0.1, 0.15) is 34.6 Å². The fourth-order valence-electron chi connectivity index (χ4n) is 2.51. The van der Waals surface area contributed by atoms with E-state index in [0.717, 1.165) is 34.6 Å². The van der Waals surface area contributed by atoms with E-state index in [4.69, 9.17) is 0 Å². The van der Waals surface area contributed by atoms with Gasteiger partial charge in [0.2, 0.25) is 5.79 Å². The van der Waals surface area contributed by atoms with Crippen molar-refractivity contribution >= 4 is 0 Å². The van der Waals surface area contributed by atoms with Crippen LogP contribution in [0.3, 0.4) is 0 Å². The zero-order valence-electron chi connectivity index (χ0n) is 11.1. The molecule has 1 rings (SSSR count). The molecule has 0 saturated heterocycles. The molecule has 0 aromatic heterocycles. The van der Waals surface area contributed by atoms with Crippen molar-refractivity contribution in [2.75, 3.05) is 0 Å². The molecule has 1 saturated carbocycles. The van der Waals surface area contributed by atoms with Crippen molar-refractivity contribution in [3.05, 3.63) is 0 Å². The summed E-state index contributed by atoms with van der Waals surface area (Å²) in [6.45, 7) is 4.63. The van der Waals surface area contributed by atoms with Crippen LogP contribution in [0.5, 0.6) is 0 Å². The maximum absolute atomic E-state index is 12.2. The minimum atomic E-state index is -3.41. The molecule has 0 bridgehead atoms. The molecule has 0 heterocycles. The van der Waals surface area contributed by atoms with Crippen LogP contribution in [0.15, 0.2) is 0 Å². The molecule has 0 radical (unpaired) electrons. The second-order valence-electron chi connectivity index (χ2n) is 6.16. The van der Waals surface area contributed by atoms with Crippen LogP contribution < -0.4 is 5.11 Å². The van der Waals surface area contributed by atoms with Gasteiger partial charge >= 0.3 is 0 Å². The Bertz CT molecular complexity index is 249. The molecular formula is C11H21O7-. The zero-order chi connectivity index (χ0) is 15.0. The Hall–Kier alpha value is -0.280. The van der Waals surface area contributed by atoms with Crippen LogP contribution in [0, 0.1) is 5.41 Å². The van der Waals surface area contributed by atoms with Crippen molar-refractivity contribution in [3.63, 3.8) is 0 Å². The Morgan fingerprint density at radius 3 is 1.28 bits per heavy atom. The van der Waals surface area contributed by atoms with Gasteiger partial charge in [0.15, 0.2) is 0 Å². The van der Waals surface area contributed by atoms with Crippen molar-refractivity contribution in [2.45, 2.75) is 63.0 Å². The maximum atomic E-state index is 12.2. The number of rotatable bonds is 0. The first kappa shape index (κ1) is 15.8. The summed E-state index contributed by atoms with van der Waals surface area (Å²) in [6.07, 6.45) is 0. The standard InChI is InChI=1S/C11H21O7/c1-6(2)7(3,12)11(17,18)9(5,14)8(4,13)10(6,15)16/h12-17H,1-5H3/q-1. The summed E-state index contributed by atoms with van der Waals surface area (Å²) in [4.78, 5) is 0. The summed E-state index contributed by atoms with van der Waals surface area (Å²) in [5.74, 6) is -6.43. The molecule has 7 heteroatoms. The lowest BCUT2D eigenvalue weighted by molar-refractivity contribution is -0.653. The Morgan fingerprint density at radius 1 is 0.611 bits per heavy atom. The van der Waals surface area contributed by atoms with E-state index in [0.29, 0.717) is 0 Å². The van der Waals surface area contributed by atoms with Gasteiger partial charge in [-0.15, -0.1) is 0 Å². The average molecular weight is 265 g/mol. The van der Waals surface area contributed by atoms with Gasteiger partial charge in [-0.2, -0.15) is 0 Å². The summed E-state index contributed by atoms with van der Waals surface area (Å²) in [5.41, 5.74) is -10.3. The Labute approximate surface area is 105 Å². The molecule has 4 atom stereocenters. The van der Waals surface area contributed by atoms with Crippen LogP contribution in [0.2, 0.25) is 0 Å². The Kier molecular flexibility index (Phi) is 2.84. The molecule has 0 aromatic rings. The van der Waals surface area contributed by atoms with E-state index in [9.17, 15) is 35.7 Å². The monoisotopic (exact) mass is 265 g/mol. The molecule has 0 amide bonds. The molecule has 1 fully saturated rings. The lowest BCUT2D eigenvalue weighted by Gasteiger charge is -2.72. The van der Waals surface area contributed by atoms with E-state index in [1.54, 1.807) is 0 Å². The fourth-order valence-corrected chi connectivity index (χ4v) is 2.51. The van der Waals surface area contributed by atoms with Crippen LogP contribution in [0.25, 0.3) is 0 Å². The van der Waals surface area contributed by atoms with Crippen LogP contribution in [-0.4, -0.2) is 59.0 Å². The van der Waals surface area contributed by atoms with Crippen molar-refractivity contribution < 1.29 is 35.7 Å². The van der Waals surface area contributed by atoms with Crippen LogP contribution in [0.4, 0.5) is 0 Å². The molecule has 1 aliphatic carbocycles. The zero-order valence-corrected chi connectivity index (χ0v) is 11.1. The molecule has 0 aromatic carbocycles. The summed E-state index contributed by atoms with van der Waals surface area (Å²) >= 11 is 0. The van der Waals surface area contributed by atoms with Gasteiger partial charge in [0.25, 0.3) is 0 Å². The van der Waals surface area contributed by atoms with Gasteiger partial charge in [-0.3, -0.25) is 0 Å². The first-order valence-corrected chi connectivity index (χ1v) is 5.55. The minimum Gasteiger partial charge on any atom is -0.824 e. The van der Waals surface area contributed by atoms with Crippen molar-refractivity contribution in [3.8, 4) is 0 Å². The molecular weight excluding hydrogens is 244 g/mol. The maximum Gasteiger partial charge on any atom is 0.203 e. The first-order valence-electron chi connectivity index (χ1n) is 5.55.